The summed E-state index contributed by atoms with van der Waals surface area (Å²) in [6.07, 6.45) is 1.18. The van der Waals surface area contributed by atoms with E-state index in [1.165, 1.54) is 0 Å². The van der Waals surface area contributed by atoms with Crippen LogP contribution in [0.3, 0.4) is 0 Å². The Morgan fingerprint density at radius 1 is 1.25 bits per heavy atom. The third-order valence-electron chi connectivity index (χ3n) is 4.06. The molecule has 0 aromatic heterocycles. The van der Waals surface area contributed by atoms with Crippen molar-refractivity contribution in [3.05, 3.63) is 36.9 Å². The summed E-state index contributed by atoms with van der Waals surface area (Å²) in [6, 6.07) is 7.40. The molecule has 0 saturated carbocycles. The van der Waals surface area contributed by atoms with Gasteiger partial charge in [-0.05, 0) is 24.4 Å². The molecule has 1 saturated heterocycles. The van der Waals surface area contributed by atoms with Crippen molar-refractivity contribution in [3.63, 3.8) is 0 Å². The number of piperazine rings is 1. The highest BCUT2D eigenvalue weighted by atomic mass is 32.1. The fourth-order valence-corrected chi connectivity index (χ4v) is 3.01. The van der Waals surface area contributed by atoms with Crippen LogP contribution in [0.4, 0.5) is 0 Å². The van der Waals surface area contributed by atoms with E-state index in [0.29, 0.717) is 49.3 Å². The normalized spacial score (nSPS) is 19.6. The van der Waals surface area contributed by atoms with Crippen molar-refractivity contribution in [2.45, 2.75) is 6.10 Å². The largest absolute Gasteiger partial charge is 0.485 e. The number of hydrogen-bond donors (Lipinski definition) is 1. The molecule has 0 aliphatic carbocycles. The topological polar surface area (TPSA) is 54.0 Å². The quantitative estimate of drug-likeness (QED) is 0.651. The number of carbonyl (C=O) groups is 1. The second kappa shape index (κ2) is 7.53. The number of carbonyl (C=O) groups excluding carboxylic acids is 1. The van der Waals surface area contributed by atoms with E-state index >= 15 is 0 Å². The van der Waals surface area contributed by atoms with Crippen LogP contribution in [0.2, 0.25) is 0 Å². The molecule has 1 aromatic rings. The smallest absolute Gasteiger partial charge is 0.267 e. The van der Waals surface area contributed by atoms with Gasteiger partial charge >= 0.3 is 0 Å². The highest BCUT2D eigenvalue weighted by Gasteiger charge is 2.32. The fraction of sp³-hybridized carbons (Fsp3) is 0.412. The standard InChI is InChI=1S/C17H21N3O3S/c1-2-7-18-17(24)20-10-8-19(9-11-20)16(21)15-12-22-13-5-3-4-6-14(13)23-15/h2-6,15H,1,7-12H2,(H,18,24)/t15-/m0/s1. The van der Waals surface area contributed by atoms with E-state index in [-0.39, 0.29) is 12.5 Å². The molecule has 7 heteroatoms. The summed E-state index contributed by atoms with van der Waals surface area (Å²) in [5, 5.41) is 3.81. The van der Waals surface area contributed by atoms with E-state index in [1.54, 1.807) is 6.08 Å². The molecule has 128 valence electrons. The van der Waals surface area contributed by atoms with Crippen molar-refractivity contribution in [1.29, 1.82) is 0 Å². The Labute approximate surface area is 147 Å². The third-order valence-corrected chi connectivity index (χ3v) is 4.46. The minimum Gasteiger partial charge on any atom is -0.485 e. The zero-order valence-electron chi connectivity index (χ0n) is 13.4. The van der Waals surface area contributed by atoms with Gasteiger partial charge in [-0.2, -0.15) is 0 Å². The van der Waals surface area contributed by atoms with Gasteiger partial charge in [-0.25, -0.2) is 0 Å². The monoisotopic (exact) mass is 347 g/mol. The lowest BCUT2D eigenvalue weighted by atomic mass is 10.2. The van der Waals surface area contributed by atoms with Gasteiger partial charge in [0.2, 0.25) is 6.10 Å². The van der Waals surface area contributed by atoms with Gasteiger partial charge in [-0.15, -0.1) is 6.58 Å². The molecule has 2 aliphatic rings. The number of nitrogens with one attached hydrogen (secondary N) is 1. The number of nitrogens with zero attached hydrogens (tertiary/aromatic N) is 2. The number of rotatable bonds is 3. The minimum atomic E-state index is -0.586. The lowest BCUT2D eigenvalue weighted by Crippen LogP contribution is -2.56. The second-order valence-corrected chi connectivity index (χ2v) is 6.04. The predicted molar refractivity (Wildman–Crippen MR) is 95.3 cm³/mol. The van der Waals surface area contributed by atoms with E-state index in [2.05, 4.69) is 16.8 Å². The SMILES string of the molecule is C=CCNC(=S)N1CCN(C(=O)[C@@H]2COc3ccccc3O2)CC1. The molecule has 1 aromatic carbocycles. The number of fused-ring (bicyclic) bond motifs is 1. The van der Waals surface area contributed by atoms with E-state index in [4.69, 9.17) is 21.7 Å². The summed E-state index contributed by atoms with van der Waals surface area (Å²) in [5.41, 5.74) is 0. The van der Waals surface area contributed by atoms with Crippen LogP contribution in [0.15, 0.2) is 36.9 Å². The van der Waals surface area contributed by atoms with Crippen LogP contribution in [0.1, 0.15) is 0 Å². The molecular weight excluding hydrogens is 326 g/mol. The summed E-state index contributed by atoms with van der Waals surface area (Å²) in [7, 11) is 0. The molecule has 0 spiro atoms. The minimum absolute atomic E-state index is 0.0332. The van der Waals surface area contributed by atoms with Crippen LogP contribution in [-0.2, 0) is 4.79 Å². The summed E-state index contributed by atoms with van der Waals surface area (Å²) < 4.78 is 11.4. The Morgan fingerprint density at radius 3 is 2.62 bits per heavy atom. The molecule has 1 amide bonds. The van der Waals surface area contributed by atoms with E-state index in [9.17, 15) is 4.79 Å². The van der Waals surface area contributed by atoms with Crippen molar-refractivity contribution in [3.8, 4) is 11.5 Å². The van der Waals surface area contributed by atoms with E-state index < -0.39 is 6.10 Å². The van der Waals surface area contributed by atoms with Gasteiger partial charge in [0.05, 0.1) is 0 Å². The maximum Gasteiger partial charge on any atom is 0.267 e. The molecule has 0 unspecified atom stereocenters. The molecule has 0 radical (unpaired) electrons. The van der Waals surface area contributed by atoms with Crippen LogP contribution in [0, 0.1) is 0 Å². The molecular formula is C17H21N3O3S. The zero-order chi connectivity index (χ0) is 16.9. The summed E-state index contributed by atoms with van der Waals surface area (Å²) in [6.45, 7) is 7.21. The van der Waals surface area contributed by atoms with E-state index in [1.807, 2.05) is 29.2 Å². The Kier molecular flexibility index (Phi) is 5.20. The van der Waals surface area contributed by atoms with Gasteiger partial charge in [0.1, 0.15) is 6.61 Å². The average Bonchev–Trinajstić information content (AvgIpc) is 2.65. The number of thiocarbonyl (C=S) groups is 1. The maximum atomic E-state index is 12.7. The first kappa shape index (κ1) is 16.6. The lowest BCUT2D eigenvalue weighted by Gasteiger charge is -2.38. The highest BCUT2D eigenvalue weighted by Crippen LogP contribution is 2.31. The third kappa shape index (κ3) is 3.62. The number of para-hydroxylation sites is 2. The molecule has 1 atom stereocenters. The Hall–Kier alpha value is -2.28. The van der Waals surface area contributed by atoms with Gasteiger partial charge in [-0.1, -0.05) is 18.2 Å². The molecule has 1 fully saturated rings. The van der Waals surface area contributed by atoms with Crippen LogP contribution in [0.5, 0.6) is 11.5 Å². The van der Waals surface area contributed by atoms with Crippen molar-refractivity contribution >= 4 is 23.2 Å². The summed E-state index contributed by atoms with van der Waals surface area (Å²) >= 11 is 5.33. The maximum absolute atomic E-state index is 12.7. The first-order valence-corrected chi connectivity index (χ1v) is 8.41. The molecule has 2 heterocycles. The number of benzene rings is 1. The van der Waals surface area contributed by atoms with Crippen LogP contribution < -0.4 is 14.8 Å². The Morgan fingerprint density at radius 2 is 1.92 bits per heavy atom. The Balaban J connectivity index is 1.53. The second-order valence-electron chi connectivity index (χ2n) is 5.65. The van der Waals surface area contributed by atoms with Gasteiger partial charge in [0.15, 0.2) is 16.6 Å². The van der Waals surface area contributed by atoms with Gasteiger partial charge in [-0.3, -0.25) is 4.79 Å². The van der Waals surface area contributed by atoms with Gasteiger partial charge in [0, 0.05) is 32.7 Å². The Bertz CT molecular complexity index is 629. The predicted octanol–water partition coefficient (Wildman–Crippen LogP) is 1.03. The van der Waals surface area contributed by atoms with Crippen molar-refractivity contribution < 1.29 is 14.3 Å². The highest BCUT2D eigenvalue weighted by molar-refractivity contribution is 7.80. The lowest BCUT2D eigenvalue weighted by molar-refractivity contribution is -0.142. The molecule has 2 aliphatic heterocycles. The molecule has 3 rings (SSSR count). The number of ether oxygens (including phenoxy) is 2. The van der Waals surface area contributed by atoms with Crippen LogP contribution >= 0.6 is 12.2 Å². The number of amides is 1. The molecule has 0 bridgehead atoms. The average molecular weight is 347 g/mol. The van der Waals surface area contributed by atoms with Crippen molar-refractivity contribution in [2.24, 2.45) is 0 Å². The van der Waals surface area contributed by atoms with Gasteiger partial charge in [0.25, 0.3) is 5.91 Å². The molecule has 1 N–H and O–H groups in total. The van der Waals surface area contributed by atoms with Crippen molar-refractivity contribution in [2.75, 3.05) is 39.3 Å². The van der Waals surface area contributed by atoms with Crippen LogP contribution in [0.25, 0.3) is 0 Å². The summed E-state index contributed by atoms with van der Waals surface area (Å²) in [4.78, 5) is 16.5. The molecule has 6 nitrogen and oxygen atoms in total. The zero-order valence-corrected chi connectivity index (χ0v) is 14.3. The van der Waals surface area contributed by atoms with Crippen LogP contribution in [-0.4, -0.2) is 66.3 Å². The molecule has 24 heavy (non-hydrogen) atoms. The van der Waals surface area contributed by atoms with Crippen molar-refractivity contribution in [1.82, 2.24) is 15.1 Å². The fourth-order valence-electron chi connectivity index (χ4n) is 2.75. The first-order valence-electron chi connectivity index (χ1n) is 8.00. The number of hydrogen-bond acceptors (Lipinski definition) is 4. The first-order chi connectivity index (χ1) is 11.7. The van der Waals surface area contributed by atoms with E-state index in [0.717, 1.165) is 0 Å². The van der Waals surface area contributed by atoms with Gasteiger partial charge < -0.3 is 24.6 Å². The summed E-state index contributed by atoms with van der Waals surface area (Å²) in [5.74, 6) is 1.27.